The number of fused-ring (bicyclic) bond motifs is 1. The number of hydrogen-bond donors (Lipinski definition) is 0. The van der Waals surface area contributed by atoms with E-state index >= 15 is 0 Å². The Morgan fingerprint density at radius 2 is 2.17 bits per heavy atom. The molecule has 0 saturated carbocycles. The van der Waals surface area contributed by atoms with E-state index in [4.69, 9.17) is 21.1 Å². The topological polar surface area (TPSA) is 99.0 Å². The molecule has 24 heavy (non-hydrogen) atoms. The van der Waals surface area contributed by atoms with Gasteiger partial charge in [0.2, 0.25) is 5.91 Å². The lowest BCUT2D eigenvalue weighted by Gasteiger charge is -2.33. The Morgan fingerprint density at radius 3 is 2.75 bits per heavy atom. The first-order chi connectivity index (χ1) is 11.5. The summed E-state index contributed by atoms with van der Waals surface area (Å²) in [6.45, 7) is -0.0613. The Balaban J connectivity index is 1.66. The number of allylic oxidation sites excluding steroid dienone is 1. The van der Waals surface area contributed by atoms with Crippen molar-refractivity contribution in [3.63, 3.8) is 0 Å². The van der Waals surface area contributed by atoms with Gasteiger partial charge < -0.3 is 9.47 Å². The van der Waals surface area contributed by atoms with E-state index in [0.717, 1.165) is 0 Å². The third-order valence-electron chi connectivity index (χ3n) is 3.80. The first-order valence-electron chi connectivity index (χ1n) is 7.15. The molecule has 1 unspecified atom stereocenters. The minimum absolute atomic E-state index is 0.0457. The summed E-state index contributed by atoms with van der Waals surface area (Å²) >= 11 is 5.65. The van der Waals surface area contributed by atoms with Crippen molar-refractivity contribution in [2.75, 3.05) is 5.88 Å². The van der Waals surface area contributed by atoms with Crippen molar-refractivity contribution in [2.45, 2.75) is 25.3 Å². The summed E-state index contributed by atoms with van der Waals surface area (Å²) in [6, 6.07) is 4.74. The average Bonchev–Trinajstić information content (AvgIpc) is 2.85. The third kappa shape index (κ3) is 2.92. The van der Waals surface area contributed by atoms with Gasteiger partial charge in [-0.15, -0.1) is 11.6 Å². The molecule has 2 heterocycles. The number of rotatable bonds is 5. The number of esters is 1. The molecular formula is C15H13ClN2O6. The Morgan fingerprint density at radius 1 is 1.46 bits per heavy atom. The summed E-state index contributed by atoms with van der Waals surface area (Å²) in [5.74, 6) is -0.346. The zero-order valence-electron chi connectivity index (χ0n) is 12.4. The lowest BCUT2D eigenvalue weighted by atomic mass is 10.1. The monoisotopic (exact) mass is 352 g/mol. The number of nitro benzene ring substituents is 1. The number of non-ortho nitro benzene ring substituents is 1. The molecule has 1 amide bonds. The number of β-lactam (4-membered cyclic amide) rings is 1. The maximum absolute atomic E-state index is 12.3. The van der Waals surface area contributed by atoms with E-state index in [9.17, 15) is 19.7 Å². The van der Waals surface area contributed by atoms with Gasteiger partial charge in [0, 0.05) is 18.0 Å². The van der Waals surface area contributed by atoms with E-state index < -0.39 is 23.2 Å². The quantitative estimate of drug-likeness (QED) is 0.263. The summed E-state index contributed by atoms with van der Waals surface area (Å²) in [6.07, 6.45) is 1.32. The molecule has 2 saturated heterocycles. The van der Waals surface area contributed by atoms with E-state index in [2.05, 4.69) is 0 Å². The first-order valence-corrected chi connectivity index (χ1v) is 7.68. The van der Waals surface area contributed by atoms with E-state index in [1.807, 2.05) is 0 Å². The normalized spacial score (nSPS) is 23.5. The van der Waals surface area contributed by atoms with Crippen LogP contribution in [0.25, 0.3) is 0 Å². The van der Waals surface area contributed by atoms with Gasteiger partial charge in [0.15, 0.2) is 12.3 Å². The van der Waals surface area contributed by atoms with Crippen LogP contribution in [0, 0.1) is 10.1 Å². The predicted molar refractivity (Wildman–Crippen MR) is 81.8 cm³/mol. The summed E-state index contributed by atoms with van der Waals surface area (Å²) in [4.78, 5) is 35.4. The number of carbonyl (C=O) groups is 2. The summed E-state index contributed by atoms with van der Waals surface area (Å²) < 4.78 is 10.7. The highest BCUT2D eigenvalue weighted by molar-refractivity contribution is 6.19. The first kappa shape index (κ1) is 16.3. The molecule has 9 heteroatoms. The van der Waals surface area contributed by atoms with Crippen LogP contribution in [-0.4, -0.2) is 39.8 Å². The van der Waals surface area contributed by atoms with Crippen LogP contribution in [0.3, 0.4) is 0 Å². The van der Waals surface area contributed by atoms with Crippen molar-refractivity contribution in [1.82, 2.24) is 4.90 Å². The number of alkyl halides is 1. The molecule has 2 atom stereocenters. The highest BCUT2D eigenvalue weighted by Gasteiger charge is 2.54. The molecule has 2 aliphatic rings. The van der Waals surface area contributed by atoms with Crippen LogP contribution in [0.1, 0.15) is 12.0 Å². The number of halogens is 1. The minimum Gasteiger partial charge on any atom is -0.472 e. The number of carbonyl (C=O) groups excluding carboxylic acids is 2. The molecule has 0 spiro atoms. The molecule has 0 radical (unpaired) electrons. The van der Waals surface area contributed by atoms with Crippen LogP contribution in [-0.2, 0) is 25.7 Å². The molecule has 2 fully saturated rings. The molecule has 1 aromatic carbocycles. The van der Waals surface area contributed by atoms with Crippen LogP contribution in [0.15, 0.2) is 36.1 Å². The van der Waals surface area contributed by atoms with Gasteiger partial charge in [0.05, 0.1) is 11.3 Å². The fourth-order valence-electron chi connectivity index (χ4n) is 2.58. The van der Waals surface area contributed by atoms with Crippen molar-refractivity contribution in [3.05, 3.63) is 51.8 Å². The van der Waals surface area contributed by atoms with Crippen LogP contribution >= 0.6 is 11.6 Å². The number of benzene rings is 1. The van der Waals surface area contributed by atoms with Crippen molar-refractivity contribution in [3.8, 4) is 0 Å². The maximum atomic E-state index is 12.3. The molecule has 0 aliphatic carbocycles. The van der Waals surface area contributed by atoms with Gasteiger partial charge in [-0.2, -0.15) is 0 Å². The van der Waals surface area contributed by atoms with E-state index in [1.54, 1.807) is 0 Å². The lowest BCUT2D eigenvalue weighted by Crippen LogP contribution is -2.55. The van der Waals surface area contributed by atoms with Crippen LogP contribution in [0.5, 0.6) is 0 Å². The lowest BCUT2D eigenvalue weighted by molar-refractivity contribution is -0.384. The Kier molecular flexibility index (Phi) is 4.39. The van der Waals surface area contributed by atoms with Gasteiger partial charge in [0.1, 0.15) is 12.4 Å². The number of hydrogen-bond acceptors (Lipinski definition) is 6. The number of nitro groups is 1. The van der Waals surface area contributed by atoms with Crippen LogP contribution in [0.4, 0.5) is 5.69 Å². The fraction of sp³-hybridized carbons (Fsp3) is 0.333. The smallest absolute Gasteiger partial charge is 0.337 e. The molecule has 8 nitrogen and oxygen atoms in total. The van der Waals surface area contributed by atoms with Crippen molar-refractivity contribution < 1.29 is 24.0 Å². The van der Waals surface area contributed by atoms with E-state index in [1.165, 1.54) is 35.2 Å². The standard InChI is InChI=1S/C15H13ClN2O6/c16-6-5-11-14(17-12(19)7-13(17)24-11)15(20)23-8-9-1-3-10(4-2-9)18(21)22/h1-5,13-14H,6-8H2/t13?,14-/m1/s1. The maximum Gasteiger partial charge on any atom is 0.337 e. The van der Waals surface area contributed by atoms with Crippen molar-refractivity contribution in [1.29, 1.82) is 0 Å². The highest BCUT2D eigenvalue weighted by Crippen LogP contribution is 2.36. The van der Waals surface area contributed by atoms with Gasteiger partial charge in [-0.05, 0) is 23.8 Å². The van der Waals surface area contributed by atoms with Crippen molar-refractivity contribution in [2.24, 2.45) is 0 Å². The zero-order valence-corrected chi connectivity index (χ0v) is 13.1. The zero-order chi connectivity index (χ0) is 17.3. The van der Waals surface area contributed by atoms with Gasteiger partial charge in [-0.3, -0.25) is 19.8 Å². The fourth-order valence-corrected chi connectivity index (χ4v) is 2.73. The minimum atomic E-state index is -0.923. The Bertz CT molecular complexity index is 717. The molecule has 0 bridgehead atoms. The van der Waals surface area contributed by atoms with Crippen molar-refractivity contribution >= 4 is 29.2 Å². The van der Waals surface area contributed by atoms with E-state index in [0.29, 0.717) is 11.3 Å². The molecule has 0 aromatic heterocycles. The predicted octanol–water partition coefficient (Wildman–Crippen LogP) is 1.72. The summed E-state index contributed by atoms with van der Waals surface area (Å²) in [7, 11) is 0. The number of ether oxygens (including phenoxy) is 2. The second-order valence-corrected chi connectivity index (χ2v) is 5.58. The second kappa shape index (κ2) is 6.48. The van der Waals surface area contributed by atoms with Gasteiger partial charge in [-0.25, -0.2) is 4.79 Å². The Hall–Kier alpha value is -2.61. The number of nitrogens with zero attached hydrogens (tertiary/aromatic N) is 2. The Labute approximate surface area is 141 Å². The second-order valence-electron chi connectivity index (χ2n) is 5.27. The molecule has 3 rings (SSSR count). The van der Waals surface area contributed by atoms with Gasteiger partial charge in [0.25, 0.3) is 5.69 Å². The average molecular weight is 353 g/mol. The highest BCUT2D eigenvalue weighted by atomic mass is 35.5. The van der Waals surface area contributed by atoms with Gasteiger partial charge >= 0.3 is 5.97 Å². The van der Waals surface area contributed by atoms with Crippen LogP contribution < -0.4 is 0 Å². The van der Waals surface area contributed by atoms with Gasteiger partial charge in [-0.1, -0.05) is 0 Å². The summed E-state index contributed by atoms with van der Waals surface area (Å²) in [5.41, 5.74) is 0.554. The largest absolute Gasteiger partial charge is 0.472 e. The SMILES string of the molecule is O=C(OCc1ccc([N+](=O)[O-])cc1)[C@H]1C(=CCCl)OC2CC(=O)N21. The summed E-state index contributed by atoms with van der Waals surface area (Å²) in [5, 5.41) is 10.6. The molecule has 2 aliphatic heterocycles. The molecule has 1 aromatic rings. The molecular weight excluding hydrogens is 340 g/mol. The third-order valence-corrected chi connectivity index (χ3v) is 3.95. The molecule has 126 valence electrons. The number of amides is 1. The van der Waals surface area contributed by atoms with Crippen LogP contribution in [0.2, 0.25) is 0 Å². The van der Waals surface area contributed by atoms with E-state index in [-0.39, 0.29) is 30.5 Å². The molecule has 0 N–H and O–H groups in total.